The maximum absolute atomic E-state index is 8.68. The lowest BCUT2D eigenvalue weighted by molar-refractivity contribution is 0.318. The molecule has 8 nitrogen and oxygen atoms in total. The summed E-state index contributed by atoms with van der Waals surface area (Å²) in [5.74, 6) is 1.39. The van der Waals surface area contributed by atoms with Crippen LogP contribution >= 0.6 is 0 Å². The molecule has 0 saturated heterocycles. The monoisotopic (exact) mass is 389 g/mol. The van der Waals surface area contributed by atoms with Crippen LogP contribution in [0, 0.1) is 0 Å². The number of aliphatic imine (C=N–C) groups is 1. The Balaban J connectivity index is 1.63. The molecule has 0 aromatic heterocycles. The van der Waals surface area contributed by atoms with Gasteiger partial charge in [-0.05, 0) is 78.4 Å². The molecule has 0 heterocycles. The second-order valence-corrected chi connectivity index (χ2v) is 5.97. The second-order valence-electron chi connectivity index (χ2n) is 5.97. The zero-order valence-corrected chi connectivity index (χ0v) is 15.3. The van der Waals surface area contributed by atoms with Gasteiger partial charge in [0.1, 0.15) is 11.5 Å². The Bertz CT molecular complexity index is 1040. The van der Waals surface area contributed by atoms with Gasteiger partial charge in [0.05, 0.1) is 5.69 Å². The molecule has 0 aliphatic rings. The van der Waals surface area contributed by atoms with E-state index in [0.717, 1.165) is 11.3 Å². The van der Waals surface area contributed by atoms with Crippen molar-refractivity contribution in [2.45, 2.75) is 0 Å². The molecule has 0 atom stereocenters. The summed E-state index contributed by atoms with van der Waals surface area (Å²) in [6.45, 7) is 0. The van der Waals surface area contributed by atoms with E-state index in [0.29, 0.717) is 22.6 Å². The van der Waals surface area contributed by atoms with Crippen molar-refractivity contribution in [1.82, 2.24) is 0 Å². The van der Waals surface area contributed by atoms with Crippen molar-refractivity contribution in [3.8, 4) is 11.5 Å². The lowest BCUT2D eigenvalue weighted by Gasteiger charge is -2.06. The van der Waals surface area contributed by atoms with Crippen LogP contribution in [0.4, 0.5) is 5.69 Å². The highest BCUT2D eigenvalue weighted by molar-refractivity contribution is 5.97. The molecule has 0 saturated carbocycles. The Morgan fingerprint density at radius 2 is 1.14 bits per heavy atom. The Kier molecular flexibility index (Phi) is 6.06. The molecule has 0 unspecified atom stereocenters. The molecule has 0 radical (unpaired) electrons. The molecule has 6 N–H and O–H groups in total. The maximum atomic E-state index is 8.68. The van der Waals surface area contributed by atoms with Gasteiger partial charge in [-0.1, -0.05) is 10.3 Å². The highest BCUT2D eigenvalue weighted by atomic mass is 16.5. The van der Waals surface area contributed by atoms with Gasteiger partial charge in [0.25, 0.3) is 0 Å². The van der Waals surface area contributed by atoms with Gasteiger partial charge < -0.3 is 26.6 Å². The average molecular weight is 389 g/mol. The van der Waals surface area contributed by atoms with Crippen LogP contribution in [-0.4, -0.2) is 28.3 Å². The van der Waals surface area contributed by atoms with Crippen molar-refractivity contribution in [3.63, 3.8) is 0 Å². The predicted octanol–water partition coefficient (Wildman–Crippen LogP) is 3.42. The van der Waals surface area contributed by atoms with Crippen LogP contribution in [0.5, 0.6) is 11.5 Å². The van der Waals surface area contributed by atoms with Crippen LogP contribution < -0.4 is 16.2 Å². The molecule has 3 rings (SSSR count). The highest BCUT2D eigenvalue weighted by Crippen LogP contribution is 2.22. The van der Waals surface area contributed by atoms with Crippen molar-refractivity contribution in [3.05, 3.63) is 89.5 Å². The molecule has 0 aliphatic heterocycles. The molecule has 0 spiro atoms. The number of hydrogen-bond donors (Lipinski definition) is 4. The average Bonchev–Trinajstić information content (AvgIpc) is 2.78. The zero-order chi connectivity index (χ0) is 20.6. The number of ether oxygens (including phenoxy) is 1. The van der Waals surface area contributed by atoms with Gasteiger partial charge in [0.15, 0.2) is 11.7 Å². The van der Waals surface area contributed by atoms with Crippen LogP contribution in [0.1, 0.15) is 16.7 Å². The summed E-state index contributed by atoms with van der Waals surface area (Å²) >= 11 is 0. The van der Waals surface area contributed by atoms with Gasteiger partial charge in [-0.25, -0.2) is 0 Å². The van der Waals surface area contributed by atoms with E-state index >= 15 is 0 Å². The molecule has 8 heteroatoms. The van der Waals surface area contributed by atoms with Crippen molar-refractivity contribution in [1.29, 1.82) is 0 Å². The summed E-state index contributed by atoms with van der Waals surface area (Å²) in [6, 6.07) is 21.3. The number of amidine groups is 2. The SMILES string of the molecule is N/C(=N\O)c1ccc(N=Cc2ccc(Oc3ccc(/C(N)=N/O)cc3)cc2)cc1. The molecule has 0 aliphatic carbocycles. The highest BCUT2D eigenvalue weighted by Gasteiger charge is 2.02. The fourth-order valence-corrected chi connectivity index (χ4v) is 2.43. The summed E-state index contributed by atoms with van der Waals surface area (Å²) in [7, 11) is 0. The summed E-state index contributed by atoms with van der Waals surface area (Å²) in [5, 5.41) is 23.3. The first-order chi connectivity index (χ1) is 14.1. The summed E-state index contributed by atoms with van der Waals surface area (Å²) in [5.41, 5.74) is 13.9. The topological polar surface area (TPSA) is 139 Å². The number of hydrogen-bond acceptors (Lipinski definition) is 6. The minimum atomic E-state index is 0.0415. The third kappa shape index (κ3) is 5.10. The molecule has 146 valence electrons. The van der Waals surface area contributed by atoms with Crippen LogP contribution in [0.15, 0.2) is 88.1 Å². The van der Waals surface area contributed by atoms with E-state index in [1.165, 1.54) is 0 Å². The number of nitrogens with zero attached hydrogens (tertiary/aromatic N) is 3. The van der Waals surface area contributed by atoms with Crippen LogP contribution in [0.2, 0.25) is 0 Å². The van der Waals surface area contributed by atoms with Crippen molar-refractivity contribution in [2.75, 3.05) is 0 Å². The Morgan fingerprint density at radius 1 is 0.690 bits per heavy atom. The van der Waals surface area contributed by atoms with Crippen molar-refractivity contribution in [2.24, 2.45) is 26.8 Å². The Labute approximate surface area is 167 Å². The van der Waals surface area contributed by atoms with Crippen LogP contribution in [0.25, 0.3) is 0 Å². The minimum Gasteiger partial charge on any atom is -0.457 e. The molecule has 3 aromatic carbocycles. The third-order valence-electron chi connectivity index (χ3n) is 4.01. The van der Waals surface area contributed by atoms with Gasteiger partial charge in [-0.3, -0.25) is 4.99 Å². The smallest absolute Gasteiger partial charge is 0.170 e. The number of nitrogens with two attached hydrogens (primary N) is 2. The Morgan fingerprint density at radius 3 is 1.62 bits per heavy atom. The number of oxime groups is 2. The third-order valence-corrected chi connectivity index (χ3v) is 4.01. The zero-order valence-electron chi connectivity index (χ0n) is 15.3. The first-order valence-corrected chi connectivity index (χ1v) is 8.57. The summed E-state index contributed by atoms with van der Waals surface area (Å²) in [4.78, 5) is 4.40. The summed E-state index contributed by atoms with van der Waals surface area (Å²) < 4.78 is 5.78. The molecule has 0 fully saturated rings. The van der Waals surface area contributed by atoms with E-state index in [9.17, 15) is 0 Å². The van der Waals surface area contributed by atoms with Crippen molar-refractivity contribution >= 4 is 23.6 Å². The number of rotatable bonds is 6. The number of benzene rings is 3. The normalized spacial score (nSPS) is 12.3. The maximum Gasteiger partial charge on any atom is 0.170 e. The van der Waals surface area contributed by atoms with Gasteiger partial charge in [0.2, 0.25) is 0 Å². The molecular weight excluding hydrogens is 370 g/mol. The molecular formula is C21H19N5O3. The fourth-order valence-electron chi connectivity index (χ4n) is 2.43. The van der Waals surface area contributed by atoms with E-state index in [-0.39, 0.29) is 11.7 Å². The minimum absolute atomic E-state index is 0.0415. The molecule has 29 heavy (non-hydrogen) atoms. The first-order valence-electron chi connectivity index (χ1n) is 8.57. The van der Waals surface area contributed by atoms with Gasteiger partial charge in [0, 0.05) is 17.3 Å². The first kappa shape index (κ1) is 19.4. The van der Waals surface area contributed by atoms with Gasteiger partial charge in [-0.2, -0.15) is 0 Å². The summed E-state index contributed by atoms with van der Waals surface area (Å²) in [6.07, 6.45) is 1.73. The molecule has 0 bridgehead atoms. The lowest BCUT2D eigenvalue weighted by atomic mass is 10.2. The standard InChI is InChI=1S/C21H19N5O3/c22-20(25-27)15-3-7-17(8-4-15)24-13-14-1-9-18(10-2-14)29-19-11-5-16(6-12-19)21(23)26-28/h1-13,27-28H,(H2,22,25)(H2,23,26). The van der Waals surface area contributed by atoms with E-state index < -0.39 is 0 Å². The van der Waals surface area contributed by atoms with Gasteiger partial charge in [-0.15, -0.1) is 0 Å². The molecule has 3 aromatic rings. The lowest BCUT2D eigenvalue weighted by Crippen LogP contribution is -2.12. The predicted molar refractivity (Wildman–Crippen MR) is 112 cm³/mol. The molecule has 0 amide bonds. The fraction of sp³-hybridized carbons (Fsp3) is 0. The Hall–Kier alpha value is -4.33. The van der Waals surface area contributed by atoms with Crippen LogP contribution in [0.3, 0.4) is 0 Å². The van der Waals surface area contributed by atoms with E-state index in [1.54, 1.807) is 54.7 Å². The van der Waals surface area contributed by atoms with Gasteiger partial charge >= 0.3 is 0 Å². The van der Waals surface area contributed by atoms with Crippen LogP contribution in [-0.2, 0) is 0 Å². The van der Waals surface area contributed by atoms with Crippen molar-refractivity contribution < 1.29 is 15.2 Å². The van der Waals surface area contributed by atoms with E-state index in [1.807, 2.05) is 24.3 Å². The second kappa shape index (κ2) is 9.05. The quantitative estimate of drug-likeness (QED) is 0.221. The van der Waals surface area contributed by atoms with E-state index in [2.05, 4.69) is 15.3 Å². The van der Waals surface area contributed by atoms with E-state index in [4.69, 9.17) is 26.6 Å². The largest absolute Gasteiger partial charge is 0.457 e.